The van der Waals surface area contributed by atoms with E-state index >= 15 is 0 Å². The molecule has 0 bridgehead atoms. The molecule has 0 saturated carbocycles. The number of carbonyl (C=O) groups excluding carboxylic acids is 2. The molecule has 1 saturated heterocycles. The van der Waals surface area contributed by atoms with Crippen molar-refractivity contribution in [2.75, 3.05) is 13.2 Å². The van der Waals surface area contributed by atoms with Crippen molar-refractivity contribution in [1.29, 1.82) is 0 Å². The molecule has 0 spiro atoms. The number of rotatable bonds is 7. The molecule has 1 atom stereocenters. The summed E-state index contributed by atoms with van der Waals surface area (Å²) in [4.78, 5) is 30.3. The molecule has 10 heteroatoms. The lowest BCUT2D eigenvalue weighted by Crippen LogP contribution is -2.41. The summed E-state index contributed by atoms with van der Waals surface area (Å²) in [6.45, 7) is 8.58. The van der Waals surface area contributed by atoms with Gasteiger partial charge in [0, 0.05) is 18.2 Å². The number of carbonyl (C=O) groups is 2. The number of amides is 1. The van der Waals surface area contributed by atoms with Gasteiger partial charge in [-0.05, 0) is 74.6 Å². The van der Waals surface area contributed by atoms with Crippen molar-refractivity contribution in [1.82, 2.24) is 8.87 Å². The third-order valence-electron chi connectivity index (χ3n) is 6.61. The van der Waals surface area contributed by atoms with Crippen molar-refractivity contribution in [3.63, 3.8) is 0 Å². The topological polar surface area (TPSA) is 98.0 Å². The molecule has 1 amide bonds. The normalized spacial score (nSPS) is 17.4. The Morgan fingerprint density at radius 2 is 1.86 bits per heavy atom. The van der Waals surface area contributed by atoms with E-state index in [0.29, 0.717) is 17.3 Å². The summed E-state index contributed by atoms with van der Waals surface area (Å²) in [5.41, 5.74) is 2.22. The van der Waals surface area contributed by atoms with E-state index in [1.165, 1.54) is 35.6 Å². The van der Waals surface area contributed by atoms with Gasteiger partial charge in [0.2, 0.25) is 10.0 Å². The number of hydrogen-bond donors (Lipinski definition) is 0. The number of sulfonamides is 1. The second-order valence-electron chi connectivity index (χ2n) is 9.56. The lowest BCUT2D eigenvalue weighted by Gasteiger charge is -2.32. The smallest absolute Gasteiger partial charge is 0.326 e. The quantitative estimate of drug-likeness (QED) is 0.403. The Balaban J connectivity index is 1.68. The van der Waals surface area contributed by atoms with Gasteiger partial charge in [-0.25, -0.2) is 8.42 Å². The largest absolute Gasteiger partial charge is 0.465 e. The molecule has 198 valence electrons. The standard InChI is InChI=1S/C27H33N3O5S2/c1-5-35-25(31)17-29-23-14-11-21(18(2)3)16-24(23)36-27(29)28-26(32)20-9-12-22(13-10-20)37(33,34)30-15-7-6-8-19(30)4/h9-14,16,18-19H,5-8,15,17H2,1-4H3. The van der Waals surface area contributed by atoms with Gasteiger partial charge in [-0.15, -0.1) is 0 Å². The molecule has 0 radical (unpaired) electrons. The maximum absolute atomic E-state index is 13.1. The van der Waals surface area contributed by atoms with E-state index in [9.17, 15) is 18.0 Å². The molecular weight excluding hydrogens is 510 g/mol. The third-order valence-corrected chi connectivity index (χ3v) is 9.68. The first kappa shape index (κ1) is 27.2. The summed E-state index contributed by atoms with van der Waals surface area (Å²) in [5.74, 6) is -0.594. The summed E-state index contributed by atoms with van der Waals surface area (Å²) in [7, 11) is -3.63. The molecule has 37 heavy (non-hydrogen) atoms. The summed E-state index contributed by atoms with van der Waals surface area (Å²) >= 11 is 1.33. The maximum atomic E-state index is 13.1. The van der Waals surface area contributed by atoms with Crippen LogP contribution in [0, 0.1) is 0 Å². The van der Waals surface area contributed by atoms with Crippen LogP contribution in [0.5, 0.6) is 0 Å². The van der Waals surface area contributed by atoms with Crippen LogP contribution in [-0.2, 0) is 26.1 Å². The van der Waals surface area contributed by atoms with Gasteiger partial charge in [-0.2, -0.15) is 9.30 Å². The lowest BCUT2D eigenvalue weighted by molar-refractivity contribution is -0.143. The summed E-state index contributed by atoms with van der Waals surface area (Å²) in [6, 6.07) is 11.9. The fourth-order valence-corrected chi connectivity index (χ4v) is 7.28. The second-order valence-corrected chi connectivity index (χ2v) is 12.5. The third kappa shape index (κ3) is 5.86. The van der Waals surface area contributed by atoms with E-state index in [4.69, 9.17) is 4.74 Å². The number of piperidine rings is 1. The number of benzene rings is 2. The molecule has 0 N–H and O–H groups in total. The molecule has 3 aromatic rings. The van der Waals surface area contributed by atoms with Crippen molar-refractivity contribution in [2.45, 2.75) is 70.4 Å². The number of aromatic nitrogens is 1. The molecular formula is C27H33N3O5S2. The summed E-state index contributed by atoms with van der Waals surface area (Å²) in [5, 5.41) is 0. The zero-order chi connectivity index (χ0) is 26.7. The fraction of sp³-hybridized carbons (Fsp3) is 0.444. The highest BCUT2D eigenvalue weighted by Gasteiger charge is 2.31. The van der Waals surface area contributed by atoms with Crippen LogP contribution in [0.4, 0.5) is 0 Å². The summed E-state index contributed by atoms with van der Waals surface area (Å²) in [6.07, 6.45) is 2.71. The minimum absolute atomic E-state index is 0.0472. The minimum Gasteiger partial charge on any atom is -0.465 e. The van der Waals surface area contributed by atoms with Crippen LogP contribution >= 0.6 is 11.3 Å². The van der Waals surface area contributed by atoms with Gasteiger partial charge in [0.05, 0.1) is 21.7 Å². The fourth-order valence-electron chi connectivity index (χ4n) is 4.51. The van der Waals surface area contributed by atoms with Gasteiger partial charge in [-0.3, -0.25) is 9.59 Å². The van der Waals surface area contributed by atoms with Crippen LogP contribution < -0.4 is 4.80 Å². The predicted molar refractivity (Wildman–Crippen MR) is 144 cm³/mol. The molecule has 1 aliphatic rings. The van der Waals surface area contributed by atoms with Gasteiger partial charge in [0.1, 0.15) is 6.54 Å². The number of thiazole rings is 1. The highest BCUT2D eigenvalue weighted by molar-refractivity contribution is 7.89. The van der Waals surface area contributed by atoms with Crippen molar-refractivity contribution >= 4 is 43.5 Å². The van der Waals surface area contributed by atoms with Crippen LogP contribution in [0.3, 0.4) is 0 Å². The molecule has 8 nitrogen and oxygen atoms in total. The van der Waals surface area contributed by atoms with Gasteiger partial charge >= 0.3 is 5.97 Å². The Kier molecular flexibility index (Phi) is 8.30. The molecule has 2 aromatic carbocycles. The Morgan fingerprint density at radius 3 is 2.51 bits per heavy atom. The van der Waals surface area contributed by atoms with Gasteiger partial charge < -0.3 is 9.30 Å². The lowest BCUT2D eigenvalue weighted by atomic mass is 10.0. The number of esters is 1. The number of fused-ring (bicyclic) bond motifs is 1. The van der Waals surface area contributed by atoms with Gasteiger partial charge in [-0.1, -0.05) is 37.7 Å². The number of hydrogen-bond acceptors (Lipinski definition) is 6. The highest BCUT2D eigenvalue weighted by Crippen LogP contribution is 2.26. The molecule has 0 aliphatic carbocycles. The minimum atomic E-state index is -3.63. The van der Waals surface area contributed by atoms with E-state index in [2.05, 4.69) is 24.9 Å². The molecule has 1 aliphatic heterocycles. The van der Waals surface area contributed by atoms with Crippen molar-refractivity contribution in [2.24, 2.45) is 4.99 Å². The predicted octanol–water partition coefficient (Wildman–Crippen LogP) is 4.69. The molecule has 1 fully saturated rings. The van der Waals surface area contributed by atoms with E-state index in [1.54, 1.807) is 15.8 Å². The van der Waals surface area contributed by atoms with E-state index in [1.807, 2.05) is 19.1 Å². The second kappa shape index (κ2) is 11.3. The molecule has 1 aromatic heterocycles. The monoisotopic (exact) mass is 543 g/mol. The van der Waals surface area contributed by atoms with Crippen LogP contribution in [0.15, 0.2) is 52.4 Å². The average Bonchev–Trinajstić information content (AvgIpc) is 3.20. The molecule has 1 unspecified atom stereocenters. The molecule has 2 heterocycles. The highest BCUT2D eigenvalue weighted by atomic mass is 32.2. The average molecular weight is 544 g/mol. The molecule has 4 rings (SSSR count). The first-order valence-corrected chi connectivity index (χ1v) is 14.9. The van der Waals surface area contributed by atoms with Crippen LogP contribution in [0.25, 0.3) is 10.2 Å². The SMILES string of the molecule is CCOC(=O)Cn1c(=NC(=O)c2ccc(S(=O)(=O)N3CCCCC3C)cc2)sc2cc(C(C)C)ccc21. The Labute approximate surface area is 221 Å². The maximum Gasteiger partial charge on any atom is 0.326 e. The number of ether oxygens (including phenoxy) is 1. The van der Waals surface area contributed by atoms with Crippen molar-refractivity contribution in [3.8, 4) is 0 Å². The first-order valence-electron chi connectivity index (χ1n) is 12.6. The van der Waals surface area contributed by atoms with Gasteiger partial charge in [0.25, 0.3) is 5.91 Å². The van der Waals surface area contributed by atoms with Crippen LogP contribution in [0.1, 0.15) is 68.8 Å². The Bertz CT molecular complexity index is 1470. The van der Waals surface area contributed by atoms with E-state index < -0.39 is 21.9 Å². The van der Waals surface area contributed by atoms with Crippen LogP contribution in [0.2, 0.25) is 0 Å². The van der Waals surface area contributed by atoms with E-state index in [-0.39, 0.29) is 29.7 Å². The summed E-state index contributed by atoms with van der Waals surface area (Å²) < 4.78 is 35.5. The van der Waals surface area contributed by atoms with Gasteiger partial charge in [0.15, 0.2) is 4.80 Å². The Morgan fingerprint density at radius 1 is 1.14 bits per heavy atom. The van der Waals surface area contributed by atoms with Crippen LogP contribution in [-0.4, -0.2) is 48.4 Å². The van der Waals surface area contributed by atoms with Crippen molar-refractivity contribution in [3.05, 3.63) is 58.4 Å². The zero-order valence-corrected chi connectivity index (χ0v) is 23.3. The Hall–Kier alpha value is -2.82. The zero-order valence-electron chi connectivity index (χ0n) is 21.6. The first-order chi connectivity index (χ1) is 17.6. The van der Waals surface area contributed by atoms with Crippen molar-refractivity contribution < 1.29 is 22.7 Å². The number of nitrogens with zero attached hydrogens (tertiary/aromatic N) is 3. The van der Waals surface area contributed by atoms with E-state index in [0.717, 1.165) is 35.0 Å².